The topological polar surface area (TPSA) is 142 Å². The number of rotatable bonds is 8. The first-order chi connectivity index (χ1) is 21.3. The summed E-state index contributed by atoms with van der Waals surface area (Å²) in [4.78, 5) is 42.7. The van der Waals surface area contributed by atoms with E-state index in [2.05, 4.69) is 10.1 Å². The summed E-state index contributed by atoms with van der Waals surface area (Å²) in [5.41, 5.74) is 0.406. The number of hydrogen-bond donors (Lipinski definition) is 1. The van der Waals surface area contributed by atoms with Crippen LogP contribution in [0.5, 0.6) is 0 Å². The van der Waals surface area contributed by atoms with Gasteiger partial charge < -0.3 is 10.1 Å². The third kappa shape index (κ3) is 6.20. The molecule has 1 N–H and O–H groups in total. The molecule has 2 aromatic heterocycles. The van der Waals surface area contributed by atoms with Gasteiger partial charge in [0, 0.05) is 18.4 Å². The Labute approximate surface area is 253 Å². The number of amides is 1. The quantitative estimate of drug-likeness (QED) is 0.251. The van der Waals surface area contributed by atoms with Gasteiger partial charge in [0.15, 0.2) is 21.0 Å². The van der Waals surface area contributed by atoms with Gasteiger partial charge in [0.2, 0.25) is 0 Å². The number of sulfone groups is 1. The number of fused-ring (bicyclic) bond motifs is 1. The van der Waals surface area contributed by atoms with Gasteiger partial charge in [-0.15, -0.1) is 0 Å². The van der Waals surface area contributed by atoms with Crippen molar-refractivity contribution in [1.29, 1.82) is 0 Å². The fraction of sp³-hybridized carbons (Fsp3) is 0.167. The van der Waals surface area contributed by atoms with Gasteiger partial charge in [0.25, 0.3) is 5.56 Å². The van der Waals surface area contributed by atoms with Crippen LogP contribution in [0.25, 0.3) is 33.5 Å². The first-order valence-corrected chi connectivity index (χ1v) is 15.2. The maximum Gasteiger partial charge on any atom is 0.471 e. The molecule has 0 unspecified atom stereocenters. The normalized spacial score (nSPS) is 11.8. The van der Waals surface area contributed by atoms with Crippen molar-refractivity contribution in [2.45, 2.75) is 24.5 Å². The second-order valence-corrected chi connectivity index (χ2v) is 11.7. The summed E-state index contributed by atoms with van der Waals surface area (Å²) in [5.74, 6) is -3.02. The number of hydrogen-bond acceptors (Lipinski definition) is 8. The summed E-state index contributed by atoms with van der Waals surface area (Å²) in [5, 5.41) is 6.07. The first kappa shape index (κ1) is 31.1. The van der Waals surface area contributed by atoms with E-state index in [1.807, 2.05) is 0 Å². The summed E-state index contributed by atoms with van der Waals surface area (Å²) in [6, 6.07) is 18.9. The number of aromatic nitrogens is 4. The Hall–Kier alpha value is -5.31. The Morgan fingerprint density at radius 2 is 1.64 bits per heavy atom. The second-order valence-electron chi connectivity index (χ2n) is 9.72. The maximum absolute atomic E-state index is 14.0. The summed E-state index contributed by atoms with van der Waals surface area (Å²) in [7, 11) is -3.53. The fourth-order valence-corrected chi connectivity index (χ4v) is 5.59. The zero-order chi connectivity index (χ0) is 32.5. The number of esters is 1. The summed E-state index contributed by atoms with van der Waals surface area (Å²) in [6.45, 7) is 1.02. The van der Waals surface area contributed by atoms with Crippen molar-refractivity contribution in [3.63, 3.8) is 0 Å². The largest absolute Gasteiger partial charge is 0.471 e. The van der Waals surface area contributed by atoms with E-state index in [4.69, 9.17) is 4.74 Å². The molecule has 5 rings (SSSR count). The highest BCUT2D eigenvalue weighted by atomic mass is 32.2. The molecule has 0 spiro atoms. The molecular formula is C30H24F3N5O6S. The van der Waals surface area contributed by atoms with Gasteiger partial charge in [-0.05, 0) is 42.3 Å². The van der Waals surface area contributed by atoms with Crippen LogP contribution in [-0.4, -0.2) is 58.7 Å². The lowest BCUT2D eigenvalue weighted by Gasteiger charge is -2.13. The van der Waals surface area contributed by atoms with Crippen molar-refractivity contribution in [2.24, 2.45) is 0 Å². The van der Waals surface area contributed by atoms with Crippen molar-refractivity contribution >= 4 is 32.7 Å². The monoisotopic (exact) mass is 639 g/mol. The van der Waals surface area contributed by atoms with Crippen LogP contribution in [0.3, 0.4) is 0 Å². The molecule has 0 aliphatic rings. The van der Waals surface area contributed by atoms with E-state index in [9.17, 15) is 36.0 Å². The minimum Gasteiger partial charge on any atom is -0.461 e. The molecule has 45 heavy (non-hydrogen) atoms. The number of carbonyl (C=O) groups excluding carboxylic acids is 2. The molecule has 0 aliphatic carbocycles. The van der Waals surface area contributed by atoms with Gasteiger partial charge in [-0.2, -0.15) is 18.3 Å². The Morgan fingerprint density at radius 3 is 2.31 bits per heavy atom. The SMILES string of the molecule is CCOC(=O)c1nn(-c2ccccc2CNC(=O)C(F)(F)F)c2c(=O)n(-c3ccc(-c4ccccc4S(C)(=O)=O)cc3)cnc12. The van der Waals surface area contributed by atoms with Crippen LogP contribution >= 0.6 is 0 Å². The van der Waals surface area contributed by atoms with E-state index in [1.54, 1.807) is 60.8 Å². The molecule has 232 valence electrons. The first-order valence-electron chi connectivity index (χ1n) is 13.3. The predicted octanol–water partition coefficient (Wildman–Crippen LogP) is 4.00. The Balaban J connectivity index is 1.64. The summed E-state index contributed by atoms with van der Waals surface area (Å²) >= 11 is 0. The molecule has 0 saturated heterocycles. The molecule has 0 aliphatic heterocycles. The van der Waals surface area contributed by atoms with Crippen LogP contribution in [0.15, 0.2) is 88.8 Å². The average Bonchev–Trinajstić information content (AvgIpc) is 3.40. The smallest absolute Gasteiger partial charge is 0.461 e. The van der Waals surface area contributed by atoms with Gasteiger partial charge in [-0.25, -0.2) is 22.9 Å². The van der Waals surface area contributed by atoms with Crippen molar-refractivity contribution in [1.82, 2.24) is 24.6 Å². The van der Waals surface area contributed by atoms with Crippen molar-refractivity contribution in [2.75, 3.05) is 12.9 Å². The van der Waals surface area contributed by atoms with Crippen LogP contribution in [-0.2, 0) is 25.9 Å². The third-order valence-corrected chi connectivity index (χ3v) is 7.87. The number of carbonyl (C=O) groups is 2. The lowest BCUT2D eigenvalue weighted by Crippen LogP contribution is -2.36. The highest BCUT2D eigenvalue weighted by Crippen LogP contribution is 2.28. The number of ether oxygens (including phenoxy) is 1. The van der Waals surface area contributed by atoms with Crippen LogP contribution < -0.4 is 10.9 Å². The fourth-order valence-electron chi connectivity index (χ4n) is 4.67. The average molecular weight is 640 g/mol. The highest BCUT2D eigenvalue weighted by Gasteiger charge is 2.38. The van der Waals surface area contributed by atoms with E-state index in [1.165, 1.54) is 35.2 Å². The number of halogens is 3. The van der Waals surface area contributed by atoms with E-state index in [-0.39, 0.29) is 39.5 Å². The Morgan fingerprint density at radius 1 is 0.978 bits per heavy atom. The lowest BCUT2D eigenvalue weighted by atomic mass is 10.1. The Kier molecular flexibility index (Phi) is 8.30. The third-order valence-electron chi connectivity index (χ3n) is 6.71. The van der Waals surface area contributed by atoms with Crippen molar-refractivity contribution in [3.8, 4) is 22.5 Å². The number of nitrogens with zero attached hydrogens (tertiary/aromatic N) is 4. The minimum absolute atomic E-state index is 0.000870. The molecule has 3 aromatic carbocycles. The number of para-hydroxylation sites is 1. The van der Waals surface area contributed by atoms with Gasteiger partial charge >= 0.3 is 18.1 Å². The Bertz CT molecular complexity index is 2110. The molecule has 2 heterocycles. The molecule has 0 saturated carbocycles. The molecule has 0 fully saturated rings. The molecule has 1 amide bonds. The molecule has 0 atom stereocenters. The van der Waals surface area contributed by atoms with E-state index in [0.717, 1.165) is 10.9 Å². The summed E-state index contributed by atoms with van der Waals surface area (Å²) in [6.07, 6.45) is -2.81. The molecule has 11 nitrogen and oxygen atoms in total. The van der Waals surface area contributed by atoms with E-state index >= 15 is 0 Å². The second kappa shape index (κ2) is 12.0. The van der Waals surface area contributed by atoms with Crippen molar-refractivity contribution in [3.05, 3.63) is 101 Å². The summed E-state index contributed by atoms with van der Waals surface area (Å²) < 4.78 is 70.5. The van der Waals surface area contributed by atoms with Gasteiger partial charge in [0.1, 0.15) is 11.8 Å². The van der Waals surface area contributed by atoms with E-state index in [0.29, 0.717) is 16.8 Å². The number of alkyl halides is 3. The highest BCUT2D eigenvalue weighted by molar-refractivity contribution is 7.90. The van der Waals surface area contributed by atoms with Gasteiger partial charge in [-0.1, -0.05) is 48.5 Å². The van der Waals surface area contributed by atoms with Crippen LogP contribution in [0.2, 0.25) is 0 Å². The molecule has 0 radical (unpaired) electrons. The molecule has 5 aromatic rings. The molecule has 0 bridgehead atoms. The zero-order valence-electron chi connectivity index (χ0n) is 23.7. The van der Waals surface area contributed by atoms with Gasteiger partial charge in [0.05, 0.1) is 22.9 Å². The van der Waals surface area contributed by atoms with Crippen molar-refractivity contribution < 1.29 is 35.9 Å². The van der Waals surface area contributed by atoms with Gasteiger partial charge in [-0.3, -0.25) is 14.2 Å². The maximum atomic E-state index is 14.0. The predicted molar refractivity (Wildman–Crippen MR) is 157 cm³/mol. The minimum atomic E-state index is -5.11. The standard InChI is InChI=1S/C30H24F3N5O6S/c1-3-44-28(40)25-24-26(38(36-25)22-10-6-4-8-19(22)16-34-29(41)30(31,32)33)27(39)37(17-35-24)20-14-12-18(13-15-20)21-9-5-7-11-23(21)45(2,42)43/h4-15,17H,3,16H2,1-2H3,(H,34,41). The molecular weight excluding hydrogens is 615 g/mol. The van der Waals surface area contributed by atoms with Crippen LogP contribution in [0, 0.1) is 0 Å². The van der Waals surface area contributed by atoms with Crippen LogP contribution in [0.4, 0.5) is 13.2 Å². The lowest BCUT2D eigenvalue weighted by molar-refractivity contribution is -0.173. The zero-order valence-corrected chi connectivity index (χ0v) is 24.5. The van der Waals surface area contributed by atoms with E-state index < -0.39 is 40.0 Å². The number of nitrogens with one attached hydrogen (secondary N) is 1. The molecule has 15 heteroatoms. The number of benzene rings is 3. The van der Waals surface area contributed by atoms with Crippen LogP contribution in [0.1, 0.15) is 23.0 Å².